The Labute approximate surface area is 70.0 Å². The number of hydrogen-bond acceptors (Lipinski definition) is 2. The maximum Gasteiger partial charge on any atom is 0.140 e. The zero-order valence-corrected chi connectivity index (χ0v) is 7.47. The molecule has 1 N–H and O–H groups in total. The molecule has 0 rings (SSSR count). The van der Waals surface area contributed by atoms with E-state index in [9.17, 15) is 0 Å². The molecule has 0 amide bonds. The van der Waals surface area contributed by atoms with E-state index in [1.54, 1.807) is 6.07 Å². The van der Waals surface area contributed by atoms with Gasteiger partial charge in [0, 0.05) is 5.33 Å². The second kappa shape index (κ2) is 7.04. The summed E-state index contributed by atoms with van der Waals surface area (Å²) in [4.78, 5) is 0. The van der Waals surface area contributed by atoms with E-state index < -0.39 is 6.10 Å². The minimum atomic E-state index is -0.754. The maximum atomic E-state index is 8.78. The van der Waals surface area contributed by atoms with Crippen molar-refractivity contribution in [1.29, 1.82) is 5.26 Å². The van der Waals surface area contributed by atoms with Gasteiger partial charge in [-0.05, 0) is 19.3 Å². The van der Waals surface area contributed by atoms with Crippen molar-refractivity contribution in [2.24, 2.45) is 0 Å². The molecular formula is C7H12BrNO. The van der Waals surface area contributed by atoms with Crippen molar-refractivity contribution in [3.63, 3.8) is 0 Å². The molecule has 0 heterocycles. The van der Waals surface area contributed by atoms with Crippen LogP contribution in [-0.2, 0) is 0 Å². The topological polar surface area (TPSA) is 44.0 Å². The Bertz CT molecular complexity index is 111. The smallest absolute Gasteiger partial charge is 0.140 e. The summed E-state index contributed by atoms with van der Waals surface area (Å²) in [6.45, 7) is 0. The first-order valence-electron chi connectivity index (χ1n) is 3.45. The molecule has 10 heavy (non-hydrogen) atoms. The molecule has 0 bridgehead atoms. The second-order valence-corrected chi connectivity index (χ2v) is 2.98. The lowest BCUT2D eigenvalue weighted by atomic mass is 10.1. The van der Waals surface area contributed by atoms with E-state index in [1.165, 1.54) is 0 Å². The molecule has 3 heteroatoms. The summed E-state index contributed by atoms with van der Waals surface area (Å²) in [7, 11) is 0. The highest BCUT2D eigenvalue weighted by Gasteiger charge is 1.98. The van der Waals surface area contributed by atoms with Gasteiger partial charge in [0.05, 0.1) is 6.07 Å². The zero-order valence-electron chi connectivity index (χ0n) is 5.89. The second-order valence-electron chi connectivity index (χ2n) is 2.18. The molecule has 0 aromatic heterocycles. The molecule has 0 aliphatic carbocycles. The Balaban J connectivity index is 2.98. The van der Waals surface area contributed by atoms with E-state index in [2.05, 4.69) is 15.9 Å². The number of nitrogens with zero attached hydrogens (tertiary/aromatic N) is 1. The van der Waals surface area contributed by atoms with Crippen LogP contribution in [0.2, 0.25) is 0 Å². The number of aliphatic hydroxyl groups excluding tert-OH is 1. The summed E-state index contributed by atoms with van der Waals surface area (Å²) in [5, 5.41) is 18.0. The monoisotopic (exact) mass is 205 g/mol. The van der Waals surface area contributed by atoms with Crippen molar-refractivity contribution in [3.05, 3.63) is 0 Å². The number of alkyl halides is 1. The molecule has 0 aliphatic rings. The Morgan fingerprint density at radius 3 is 2.60 bits per heavy atom. The zero-order chi connectivity index (χ0) is 7.82. The molecule has 0 radical (unpaired) electrons. The first kappa shape index (κ1) is 9.93. The molecule has 1 atom stereocenters. The molecular weight excluding hydrogens is 194 g/mol. The van der Waals surface area contributed by atoms with Crippen LogP contribution in [0.3, 0.4) is 0 Å². The molecule has 0 fully saturated rings. The van der Waals surface area contributed by atoms with Gasteiger partial charge in [0.1, 0.15) is 6.10 Å². The molecule has 0 unspecified atom stereocenters. The fourth-order valence-corrected chi connectivity index (χ4v) is 1.07. The number of unbranched alkanes of at least 4 members (excludes halogenated alkanes) is 2. The fraction of sp³-hybridized carbons (Fsp3) is 0.857. The van der Waals surface area contributed by atoms with Gasteiger partial charge in [-0.2, -0.15) is 5.26 Å². The molecule has 2 nitrogen and oxygen atoms in total. The Kier molecular flexibility index (Phi) is 6.99. The predicted octanol–water partition coefficient (Wildman–Crippen LogP) is 1.83. The molecule has 0 spiro atoms. The van der Waals surface area contributed by atoms with Gasteiger partial charge in [0.15, 0.2) is 0 Å². The van der Waals surface area contributed by atoms with Crippen molar-refractivity contribution in [2.45, 2.75) is 31.8 Å². The minimum absolute atomic E-state index is 0.615. The van der Waals surface area contributed by atoms with E-state index in [0.29, 0.717) is 6.42 Å². The Morgan fingerprint density at radius 2 is 2.10 bits per heavy atom. The SMILES string of the molecule is N#C[C@H](O)CCCCCBr. The van der Waals surface area contributed by atoms with E-state index in [4.69, 9.17) is 10.4 Å². The largest absolute Gasteiger partial charge is 0.378 e. The molecule has 0 saturated carbocycles. The van der Waals surface area contributed by atoms with Gasteiger partial charge in [0.25, 0.3) is 0 Å². The lowest BCUT2D eigenvalue weighted by molar-refractivity contribution is 0.215. The van der Waals surface area contributed by atoms with Gasteiger partial charge in [-0.1, -0.05) is 22.4 Å². The third-order valence-electron chi connectivity index (χ3n) is 1.26. The van der Waals surface area contributed by atoms with E-state index in [-0.39, 0.29) is 0 Å². The van der Waals surface area contributed by atoms with Crippen LogP contribution in [0.5, 0.6) is 0 Å². The third-order valence-corrected chi connectivity index (χ3v) is 1.82. The summed E-state index contributed by atoms with van der Waals surface area (Å²) in [5.41, 5.74) is 0. The van der Waals surface area contributed by atoms with Crippen LogP contribution in [-0.4, -0.2) is 16.5 Å². The van der Waals surface area contributed by atoms with Crippen LogP contribution >= 0.6 is 15.9 Å². The van der Waals surface area contributed by atoms with Gasteiger partial charge in [-0.15, -0.1) is 0 Å². The summed E-state index contributed by atoms with van der Waals surface area (Å²) in [5.74, 6) is 0. The van der Waals surface area contributed by atoms with Gasteiger partial charge in [-0.3, -0.25) is 0 Å². The normalized spacial score (nSPS) is 12.5. The molecule has 0 saturated heterocycles. The van der Waals surface area contributed by atoms with Crippen molar-refractivity contribution in [1.82, 2.24) is 0 Å². The third kappa shape index (κ3) is 6.06. The van der Waals surface area contributed by atoms with Crippen molar-refractivity contribution >= 4 is 15.9 Å². The van der Waals surface area contributed by atoms with Crippen LogP contribution < -0.4 is 0 Å². The summed E-state index contributed by atoms with van der Waals surface area (Å²) in [6.07, 6.45) is 3.02. The summed E-state index contributed by atoms with van der Waals surface area (Å²) < 4.78 is 0. The standard InChI is InChI=1S/C7H12BrNO/c8-5-3-1-2-4-7(10)6-9/h7,10H,1-5H2/t7-/m1/s1. The number of halogens is 1. The molecule has 0 aliphatic heterocycles. The highest BCUT2D eigenvalue weighted by atomic mass is 79.9. The maximum absolute atomic E-state index is 8.78. The quantitative estimate of drug-likeness (QED) is 0.423. The number of nitriles is 1. The van der Waals surface area contributed by atoms with Crippen molar-refractivity contribution in [2.75, 3.05) is 5.33 Å². The Morgan fingerprint density at radius 1 is 1.40 bits per heavy atom. The van der Waals surface area contributed by atoms with Gasteiger partial charge in [0.2, 0.25) is 0 Å². The van der Waals surface area contributed by atoms with Crippen LogP contribution in [0.25, 0.3) is 0 Å². The van der Waals surface area contributed by atoms with Gasteiger partial charge >= 0.3 is 0 Å². The van der Waals surface area contributed by atoms with Gasteiger partial charge in [-0.25, -0.2) is 0 Å². The minimum Gasteiger partial charge on any atom is -0.378 e. The molecule has 0 aromatic carbocycles. The molecule has 0 aromatic rings. The van der Waals surface area contributed by atoms with E-state index in [0.717, 1.165) is 24.6 Å². The lowest BCUT2D eigenvalue weighted by Crippen LogP contribution is -2.01. The fourth-order valence-electron chi connectivity index (χ4n) is 0.674. The first-order chi connectivity index (χ1) is 4.81. The highest BCUT2D eigenvalue weighted by molar-refractivity contribution is 9.09. The Hall–Kier alpha value is -0.0700. The van der Waals surface area contributed by atoms with E-state index in [1.807, 2.05) is 0 Å². The van der Waals surface area contributed by atoms with Crippen LogP contribution in [0.4, 0.5) is 0 Å². The number of rotatable bonds is 5. The average molecular weight is 206 g/mol. The summed E-state index contributed by atoms with van der Waals surface area (Å²) >= 11 is 3.31. The summed E-state index contributed by atoms with van der Waals surface area (Å²) in [6, 6.07) is 1.79. The van der Waals surface area contributed by atoms with Crippen LogP contribution in [0, 0.1) is 11.3 Å². The predicted molar refractivity (Wildman–Crippen MR) is 43.9 cm³/mol. The van der Waals surface area contributed by atoms with E-state index >= 15 is 0 Å². The number of aliphatic hydroxyl groups is 1. The first-order valence-corrected chi connectivity index (χ1v) is 4.57. The lowest BCUT2D eigenvalue weighted by Gasteiger charge is -1.98. The van der Waals surface area contributed by atoms with Crippen LogP contribution in [0.1, 0.15) is 25.7 Å². The van der Waals surface area contributed by atoms with Crippen molar-refractivity contribution in [3.8, 4) is 6.07 Å². The van der Waals surface area contributed by atoms with Crippen LogP contribution in [0.15, 0.2) is 0 Å². The molecule has 58 valence electrons. The van der Waals surface area contributed by atoms with Crippen molar-refractivity contribution < 1.29 is 5.11 Å². The number of hydrogen-bond donors (Lipinski definition) is 1. The van der Waals surface area contributed by atoms with Gasteiger partial charge < -0.3 is 5.11 Å². The average Bonchev–Trinajstić information content (AvgIpc) is 1.98. The highest BCUT2D eigenvalue weighted by Crippen LogP contribution is 2.04.